The SMILES string of the molecule is CC(C)N(c1ccc(Oc2ccc(N3CN(c4ccc(Oc5ccc(N(C(C)(C)C)C(C)(C)C)cc5)cc4)CN(c4ccc(Oc5ccc(N(C(C)(C)C)C(C)(C)C)cc5)cc4)C3)cc2)cc1)C(C)(C)C. The van der Waals surface area contributed by atoms with Gasteiger partial charge in [-0.15, -0.1) is 0 Å². The lowest BCUT2D eigenvalue weighted by Crippen LogP contribution is -2.55. The monoisotopic (exact) mass is 959 g/mol. The van der Waals surface area contributed by atoms with E-state index >= 15 is 0 Å². The van der Waals surface area contributed by atoms with E-state index in [9.17, 15) is 0 Å². The van der Waals surface area contributed by atoms with E-state index in [0.717, 1.165) is 51.6 Å². The highest BCUT2D eigenvalue weighted by molar-refractivity contribution is 5.62. The maximum atomic E-state index is 6.41. The van der Waals surface area contributed by atoms with Gasteiger partial charge in [-0.1, -0.05) is 0 Å². The van der Waals surface area contributed by atoms with Crippen LogP contribution in [-0.2, 0) is 0 Å². The number of hydrogen-bond acceptors (Lipinski definition) is 9. The van der Waals surface area contributed by atoms with Gasteiger partial charge >= 0.3 is 0 Å². The Balaban J connectivity index is 1.09. The average molecular weight is 959 g/mol. The zero-order chi connectivity index (χ0) is 51.7. The Labute approximate surface area is 427 Å². The molecule has 0 aliphatic carbocycles. The minimum absolute atomic E-state index is 0.00563. The Morgan fingerprint density at radius 3 is 0.718 bits per heavy atom. The molecular formula is C62H82N6O3. The molecule has 6 aromatic rings. The third-order valence-corrected chi connectivity index (χ3v) is 12.6. The van der Waals surface area contributed by atoms with Crippen molar-refractivity contribution in [3.05, 3.63) is 146 Å². The molecule has 378 valence electrons. The van der Waals surface area contributed by atoms with E-state index in [1.54, 1.807) is 0 Å². The molecule has 1 fully saturated rings. The quantitative estimate of drug-likeness (QED) is 0.113. The van der Waals surface area contributed by atoms with Gasteiger partial charge in [0.1, 0.15) is 34.5 Å². The summed E-state index contributed by atoms with van der Waals surface area (Å²) in [6.07, 6.45) is 0. The van der Waals surface area contributed by atoms with Crippen molar-refractivity contribution < 1.29 is 14.2 Å². The molecule has 0 radical (unpaired) electrons. The van der Waals surface area contributed by atoms with Gasteiger partial charge in [0.2, 0.25) is 0 Å². The fraction of sp³-hybridized carbons (Fsp3) is 0.419. The molecule has 1 heterocycles. The number of nitrogens with zero attached hydrogens (tertiary/aromatic N) is 6. The molecule has 1 aliphatic heterocycles. The van der Waals surface area contributed by atoms with E-state index in [1.807, 2.05) is 0 Å². The van der Waals surface area contributed by atoms with Gasteiger partial charge in [0, 0.05) is 67.9 Å². The van der Waals surface area contributed by atoms with Crippen LogP contribution in [0.25, 0.3) is 0 Å². The largest absolute Gasteiger partial charge is 0.457 e. The van der Waals surface area contributed by atoms with Gasteiger partial charge in [0.25, 0.3) is 0 Å². The lowest BCUT2D eigenvalue weighted by molar-refractivity contribution is 0.380. The van der Waals surface area contributed by atoms with Crippen LogP contribution in [0.4, 0.5) is 34.1 Å². The Hall–Kier alpha value is -6.48. The van der Waals surface area contributed by atoms with E-state index in [1.165, 1.54) is 17.1 Å². The lowest BCUT2D eigenvalue weighted by atomic mass is 9.94. The van der Waals surface area contributed by atoms with Crippen LogP contribution >= 0.6 is 0 Å². The molecule has 71 heavy (non-hydrogen) atoms. The molecule has 0 aromatic heterocycles. The van der Waals surface area contributed by atoms with Crippen molar-refractivity contribution in [2.75, 3.05) is 49.4 Å². The van der Waals surface area contributed by atoms with Gasteiger partial charge in [-0.3, -0.25) is 0 Å². The van der Waals surface area contributed by atoms with Crippen LogP contribution in [0.1, 0.15) is 118 Å². The summed E-state index contributed by atoms with van der Waals surface area (Å²) in [6.45, 7) is 40.4. The molecule has 0 saturated carbocycles. The molecule has 0 amide bonds. The number of rotatable bonds is 13. The molecule has 0 spiro atoms. The molecule has 0 N–H and O–H groups in total. The third-order valence-electron chi connectivity index (χ3n) is 12.6. The Kier molecular flexibility index (Phi) is 15.0. The maximum absolute atomic E-state index is 6.41. The van der Waals surface area contributed by atoms with Crippen molar-refractivity contribution in [3.63, 3.8) is 0 Å². The molecule has 0 atom stereocenters. The predicted octanol–water partition coefficient (Wildman–Crippen LogP) is 16.6. The number of benzene rings is 6. The molecule has 1 saturated heterocycles. The first kappa shape index (κ1) is 52.3. The van der Waals surface area contributed by atoms with E-state index in [-0.39, 0.29) is 27.7 Å². The molecule has 1 aliphatic rings. The maximum Gasteiger partial charge on any atom is 0.127 e. The second-order valence-corrected chi connectivity index (χ2v) is 24.3. The lowest BCUT2D eigenvalue weighted by Gasteiger charge is -2.47. The molecule has 6 aromatic carbocycles. The zero-order valence-electron chi connectivity index (χ0n) is 46.0. The first-order chi connectivity index (χ1) is 33.1. The van der Waals surface area contributed by atoms with Gasteiger partial charge in [0.05, 0.1) is 20.0 Å². The highest BCUT2D eigenvalue weighted by atomic mass is 16.5. The highest BCUT2D eigenvalue weighted by Gasteiger charge is 2.33. The van der Waals surface area contributed by atoms with Crippen molar-refractivity contribution in [1.29, 1.82) is 0 Å². The highest BCUT2D eigenvalue weighted by Crippen LogP contribution is 2.38. The Morgan fingerprint density at radius 2 is 0.521 bits per heavy atom. The van der Waals surface area contributed by atoms with Gasteiger partial charge in [0.15, 0.2) is 0 Å². The third kappa shape index (κ3) is 13.1. The summed E-state index contributed by atoms with van der Waals surface area (Å²) in [7, 11) is 0. The fourth-order valence-corrected chi connectivity index (χ4v) is 10.8. The van der Waals surface area contributed by atoms with E-state index in [2.05, 4.69) is 293 Å². The van der Waals surface area contributed by atoms with Gasteiger partial charge in [-0.2, -0.15) is 0 Å². The first-order valence-corrected chi connectivity index (χ1v) is 25.4. The van der Waals surface area contributed by atoms with Crippen LogP contribution in [0.2, 0.25) is 0 Å². The molecular weight excluding hydrogens is 877 g/mol. The van der Waals surface area contributed by atoms with Crippen molar-refractivity contribution in [2.45, 2.75) is 151 Å². The summed E-state index contributed by atoms with van der Waals surface area (Å²) in [5.41, 5.74) is 6.70. The smallest absolute Gasteiger partial charge is 0.127 e. The fourth-order valence-electron chi connectivity index (χ4n) is 10.8. The van der Waals surface area contributed by atoms with Gasteiger partial charge in [-0.05, 0) is 263 Å². The number of anilines is 6. The van der Waals surface area contributed by atoms with Crippen molar-refractivity contribution >= 4 is 34.1 Å². The molecule has 9 heteroatoms. The topological polar surface area (TPSA) is 47.1 Å². The molecule has 9 nitrogen and oxygen atoms in total. The summed E-state index contributed by atoms with van der Waals surface area (Å²) in [5.74, 6) is 4.79. The standard InChI is InChI=1S/C62H82N6O3/c1-45(2)66(58(3,4)5)49-24-36-55(37-25-49)69-52-30-18-46(19-31-52)63-42-64(47-20-32-53(33-21-47)70-56-38-26-50(27-39-56)67(59(6,7)8)60(9,10)11)44-65(43-63)48-22-34-54(35-23-48)71-57-40-28-51(29-41-57)68(61(12,13)14)62(15,16)17/h18-41,45H,42-44H2,1-17H3. The van der Waals surface area contributed by atoms with E-state index < -0.39 is 0 Å². The van der Waals surface area contributed by atoms with Crippen LogP contribution in [-0.4, -0.2) is 53.7 Å². The van der Waals surface area contributed by atoms with Crippen LogP contribution < -0.4 is 43.6 Å². The second-order valence-electron chi connectivity index (χ2n) is 24.3. The average Bonchev–Trinajstić information content (AvgIpc) is 3.26. The van der Waals surface area contributed by atoms with Gasteiger partial charge < -0.3 is 43.6 Å². The Morgan fingerprint density at radius 1 is 0.310 bits per heavy atom. The minimum Gasteiger partial charge on any atom is -0.457 e. The Bertz CT molecular complexity index is 2470. The van der Waals surface area contributed by atoms with Crippen molar-refractivity contribution in [1.82, 2.24) is 0 Å². The summed E-state index contributed by atoms with van der Waals surface area (Å²) in [6, 6.07) is 51.0. The zero-order valence-corrected chi connectivity index (χ0v) is 46.0. The van der Waals surface area contributed by atoms with E-state index in [0.29, 0.717) is 26.0 Å². The van der Waals surface area contributed by atoms with Crippen molar-refractivity contribution in [2.24, 2.45) is 0 Å². The number of ether oxygens (including phenoxy) is 3. The van der Waals surface area contributed by atoms with Crippen LogP contribution in [0.15, 0.2) is 146 Å². The molecule has 0 bridgehead atoms. The van der Waals surface area contributed by atoms with Gasteiger partial charge in [-0.25, -0.2) is 0 Å². The van der Waals surface area contributed by atoms with Crippen LogP contribution in [0, 0.1) is 0 Å². The summed E-state index contributed by atoms with van der Waals surface area (Å²) in [4.78, 5) is 14.5. The first-order valence-electron chi connectivity index (χ1n) is 25.4. The summed E-state index contributed by atoms with van der Waals surface area (Å²) < 4.78 is 19.2. The number of hydrogen-bond donors (Lipinski definition) is 0. The second kappa shape index (κ2) is 20.3. The predicted molar refractivity (Wildman–Crippen MR) is 302 cm³/mol. The summed E-state index contributed by atoms with van der Waals surface area (Å²) in [5, 5.41) is 0. The summed E-state index contributed by atoms with van der Waals surface area (Å²) >= 11 is 0. The minimum atomic E-state index is -0.0310. The molecule has 0 unspecified atom stereocenters. The van der Waals surface area contributed by atoms with E-state index in [4.69, 9.17) is 14.2 Å². The van der Waals surface area contributed by atoms with Crippen LogP contribution in [0.3, 0.4) is 0 Å². The normalized spacial score (nSPS) is 13.9. The van der Waals surface area contributed by atoms with Crippen LogP contribution in [0.5, 0.6) is 34.5 Å². The van der Waals surface area contributed by atoms with Crippen molar-refractivity contribution in [3.8, 4) is 34.5 Å². The molecule has 7 rings (SSSR count).